The van der Waals surface area contributed by atoms with E-state index < -0.39 is 0 Å². The first kappa shape index (κ1) is 11.2. The SMILES string of the molecule is CC(C)CC(=O)NC/C=C/CN. The van der Waals surface area contributed by atoms with E-state index in [1.807, 2.05) is 26.0 Å². The lowest BCUT2D eigenvalue weighted by molar-refractivity contribution is -0.121. The zero-order chi connectivity index (χ0) is 9.40. The highest BCUT2D eigenvalue weighted by molar-refractivity contribution is 5.76. The predicted octanol–water partition coefficient (Wildman–Crippen LogP) is 0.664. The minimum absolute atomic E-state index is 0.103. The fourth-order valence-corrected chi connectivity index (χ4v) is 0.795. The van der Waals surface area contributed by atoms with E-state index in [1.54, 1.807) is 0 Å². The van der Waals surface area contributed by atoms with Crippen LogP contribution in [0.25, 0.3) is 0 Å². The quantitative estimate of drug-likeness (QED) is 0.596. The smallest absolute Gasteiger partial charge is 0.220 e. The zero-order valence-electron chi connectivity index (χ0n) is 7.84. The Bertz CT molecular complexity index is 153. The van der Waals surface area contributed by atoms with Crippen molar-refractivity contribution in [2.45, 2.75) is 20.3 Å². The maximum absolute atomic E-state index is 11.0. The largest absolute Gasteiger partial charge is 0.353 e. The topological polar surface area (TPSA) is 55.1 Å². The van der Waals surface area contributed by atoms with Crippen LogP contribution in [0.2, 0.25) is 0 Å². The van der Waals surface area contributed by atoms with Crippen molar-refractivity contribution >= 4 is 5.91 Å². The third kappa shape index (κ3) is 7.28. The lowest BCUT2D eigenvalue weighted by Gasteiger charge is -2.03. The number of nitrogens with two attached hydrogens (primary N) is 1. The van der Waals surface area contributed by atoms with Gasteiger partial charge in [0.15, 0.2) is 0 Å². The first-order chi connectivity index (χ1) is 5.66. The van der Waals surface area contributed by atoms with Gasteiger partial charge in [0.1, 0.15) is 0 Å². The second-order valence-electron chi connectivity index (χ2n) is 3.11. The summed E-state index contributed by atoms with van der Waals surface area (Å²) in [6.07, 6.45) is 4.28. The summed E-state index contributed by atoms with van der Waals surface area (Å²) in [6.45, 7) is 5.16. The molecule has 0 aromatic rings. The average Bonchev–Trinajstić information content (AvgIpc) is 1.97. The van der Waals surface area contributed by atoms with E-state index in [-0.39, 0.29) is 5.91 Å². The van der Waals surface area contributed by atoms with Crippen molar-refractivity contribution in [3.8, 4) is 0 Å². The number of hydrogen-bond donors (Lipinski definition) is 2. The maximum atomic E-state index is 11.0. The highest BCUT2D eigenvalue weighted by Crippen LogP contribution is 1.97. The predicted molar refractivity (Wildman–Crippen MR) is 50.7 cm³/mol. The molecule has 0 radical (unpaired) electrons. The fraction of sp³-hybridized carbons (Fsp3) is 0.667. The van der Waals surface area contributed by atoms with Crippen molar-refractivity contribution in [3.05, 3.63) is 12.2 Å². The van der Waals surface area contributed by atoms with Gasteiger partial charge >= 0.3 is 0 Å². The molecule has 0 heterocycles. The normalized spacial score (nSPS) is 11.0. The highest BCUT2D eigenvalue weighted by Gasteiger charge is 2.01. The third-order valence-corrected chi connectivity index (χ3v) is 1.31. The minimum Gasteiger partial charge on any atom is -0.353 e. The Labute approximate surface area is 74.0 Å². The Morgan fingerprint density at radius 3 is 2.67 bits per heavy atom. The summed E-state index contributed by atoms with van der Waals surface area (Å²) in [7, 11) is 0. The fourth-order valence-electron chi connectivity index (χ4n) is 0.795. The van der Waals surface area contributed by atoms with Crippen LogP contribution in [-0.2, 0) is 4.79 Å². The van der Waals surface area contributed by atoms with Gasteiger partial charge in [-0.05, 0) is 5.92 Å². The molecule has 0 aromatic carbocycles. The van der Waals surface area contributed by atoms with Gasteiger partial charge in [-0.3, -0.25) is 4.79 Å². The molecule has 1 amide bonds. The Balaban J connectivity index is 3.38. The van der Waals surface area contributed by atoms with E-state index in [0.29, 0.717) is 25.4 Å². The van der Waals surface area contributed by atoms with E-state index >= 15 is 0 Å². The van der Waals surface area contributed by atoms with Gasteiger partial charge in [0.05, 0.1) is 0 Å². The molecule has 0 aliphatic heterocycles. The Kier molecular flexibility index (Phi) is 6.38. The summed E-state index contributed by atoms with van der Waals surface area (Å²) < 4.78 is 0. The molecule has 0 fully saturated rings. The molecule has 0 rings (SSSR count). The van der Waals surface area contributed by atoms with Crippen LogP contribution < -0.4 is 11.1 Å². The number of hydrogen-bond acceptors (Lipinski definition) is 2. The minimum atomic E-state index is 0.103. The molecule has 0 aliphatic rings. The Morgan fingerprint density at radius 1 is 1.50 bits per heavy atom. The van der Waals surface area contributed by atoms with Gasteiger partial charge in [0.25, 0.3) is 0 Å². The molecule has 0 aliphatic carbocycles. The van der Waals surface area contributed by atoms with Crippen LogP contribution >= 0.6 is 0 Å². The van der Waals surface area contributed by atoms with Crippen LogP contribution in [-0.4, -0.2) is 19.0 Å². The third-order valence-electron chi connectivity index (χ3n) is 1.31. The van der Waals surface area contributed by atoms with Gasteiger partial charge in [0, 0.05) is 19.5 Å². The van der Waals surface area contributed by atoms with Crippen LogP contribution in [0, 0.1) is 5.92 Å². The molecule has 3 N–H and O–H groups in total. The second-order valence-corrected chi connectivity index (χ2v) is 3.11. The van der Waals surface area contributed by atoms with Gasteiger partial charge in [-0.1, -0.05) is 26.0 Å². The van der Waals surface area contributed by atoms with E-state index in [0.717, 1.165) is 0 Å². The summed E-state index contributed by atoms with van der Waals surface area (Å²) in [5, 5.41) is 2.77. The second kappa shape index (κ2) is 6.85. The lowest BCUT2D eigenvalue weighted by atomic mass is 10.1. The van der Waals surface area contributed by atoms with E-state index in [1.165, 1.54) is 0 Å². The van der Waals surface area contributed by atoms with Crippen LogP contribution in [0.15, 0.2) is 12.2 Å². The van der Waals surface area contributed by atoms with Crippen molar-refractivity contribution in [2.24, 2.45) is 11.7 Å². The summed E-state index contributed by atoms with van der Waals surface area (Å²) >= 11 is 0. The van der Waals surface area contributed by atoms with Gasteiger partial charge in [-0.15, -0.1) is 0 Å². The zero-order valence-corrected chi connectivity index (χ0v) is 7.84. The van der Waals surface area contributed by atoms with Crippen molar-refractivity contribution in [1.29, 1.82) is 0 Å². The molecule has 3 heteroatoms. The Morgan fingerprint density at radius 2 is 2.17 bits per heavy atom. The molecule has 0 bridgehead atoms. The number of carbonyl (C=O) groups excluding carboxylic acids is 1. The maximum Gasteiger partial charge on any atom is 0.220 e. The van der Waals surface area contributed by atoms with Gasteiger partial charge in [0.2, 0.25) is 5.91 Å². The van der Waals surface area contributed by atoms with Crippen molar-refractivity contribution in [2.75, 3.05) is 13.1 Å². The van der Waals surface area contributed by atoms with Crippen molar-refractivity contribution in [1.82, 2.24) is 5.32 Å². The summed E-state index contributed by atoms with van der Waals surface area (Å²) in [4.78, 5) is 11.0. The standard InChI is InChI=1S/C9H18N2O/c1-8(2)7-9(12)11-6-4-3-5-10/h3-4,8H,5-7,10H2,1-2H3,(H,11,12)/b4-3+. The number of rotatable bonds is 5. The molecule has 12 heavy (non-hydrogen) atoms. The molecule has 0 atom stereocenters. The molecule has 0 saturated carbocycles. The number of carbonyl (C=O) groups is 1. The van der Waals surface area contributed by atoms with Crippen molar-refractivity contribution < 1.29 is 4.79 Å². The number of nitrogens with one attached hydrogen (secondary N) is 1. The molecule has 3 nitrogen and oxygen atoms in total. The van der Waals surface area contributed by atoms with Crippen molar-refractivity contribution in [3.63, 3.8) is 0 Å². The van der Waals surface area contributed by atoms with Gasteiger partial charge in [-0.25, -0.2) is 0 Å². The molecule has 0 spiro atoms. The Hall–Kier alpha value is -0.830. The molecular formula is C9H18N2O. The molecular weight excluding hydrogens is 152 g/mol. The van der Waals surface area contributed by atoms with Gasteiger partial charge in [-0.2, -0.15) is 0 Å². The van der Waals surface area contributed by atoms with E-state index in [2.05, 4.69) is 5.32 Å². The van der Waals surface area contributed by atoms with Crippen LogP contribution in [0.5, 0.6) is 0 Å². The lowest BCUT2D eigenvalue weighted by Crippen LogP contribution is -2.24. The van der Waals surface area contributed by atoms with E-state index in [4.69, 9.17) is 5.73 Å². The highest BCUT2D eigenvalue weighted by atomic mass is 16.1. The molecule has 0 aromatic heterocycles. The first-order valence-corrected chi connectivity index (χ1v) is 4.28. The average molecular weight is 170 g/mol. The molecule has 70 valence electrons. The molecule has 0 unspecified atom stereocenters. The molecule has 0 saturated heterocycles. The van der Waals surface area contributed by atoms with Crippen LogP contribution in [0.4, 0.5) is 0 Å². The summed E-state index contributed by atoms with van der Waals surface area (Å²) in [5.74, 6) is 0.523. The summed E-state index contributed by atoms with van der Waals surface area (Å²) in [6, 6.07) is 0. The van der Waals surface area contributed by atoms with E-state index in [9.17, 15) is 4.79 Å². The monoisotopic (exact) mass is 170 g/mol. The number of amides is 1. The summed E-state index contributed by atoms with van der Waals surface area (Å²) in [5.41, 5.74) is 5.23. The van der Waals surface area contributed by atoms with Crippen LogP contribution in [0.3, 0.4) is 0 Å². The van der Waals surface area contributed by atoms with Gasteiger partial charge < -0.3 is 11.1 Å². The first-order valence-electron chi connectivity index (χ1n) is 4.28. The van der Waals surface area contributed by atoms with Crippen LogP contribution in [0.1, 0.15) is 20.3 Å².